The Bertz CT molecular complexity index is 214. The number of hydrogen-bond acceptors (Lipinski definition) is 6. The molecule has 0 saturated heterocycles. The van der Waals surface area contributed by atoms with Gasteiger partial charge in [-0.05, 0) is 0 Å². The van der Waals surface area contributed by atoms with Crippen molar-refractivity contribution in [2.75, 3.05) is 6.61 Å². The highest BCUT2D eigenvalue weighted by Gasteiger charge is 2.29. The SMILES string of the molecule is N#CNC(=O)[C@H](O)[C@@H](O)[C@H](O)CO. The zero-order valence-electron chi connectivity index (χ0n) is 6.58. The summed E-state index contributed by atoms with van der Waals surface area (Å²) in [5, 5.41) is 44.6. The summed E-state index contributed by atoms with van der Waals surface area (Å²) in [7, 11) is 0. The highest BCUT2D eigenvalue weighted by atomic mass is 16.4. The van der Waals surface area contributed by atoms with Crippen LogP contribution in [0.15, 0.2) is 0 Å². The van der Waals surface area contributed by atoms with Crippen LogP contribution in [0.4, 0.5) is 0 Å². The lowest BCUT2D eigenvalue weighted by molar-refractivity contribution is -0.141. The summed E-state index contributed by atoms with van der Waals surface area (Å²) in [4.78, 5) is 10.7. The molecule has 13 heavy (non-hydrogen) atoms. The second kappa shape index (κ2) is 5.45. The van der Waals surface area contributed by atoms with Crippen LogP contribution in [0.1, 0.15) is 0 Å². The summed E-state index contributed by atoms with van der Waals surface area (Å²) < 4.78 is 0. The van der Waals surface area contributed by atoms with E-state index >= 15 is 0 Å². The van der Waals surface area contributed by atoms with E-state index in [4.69, 9.17) is 25.7 Å². The van der Waals surface area contributed by atoms with Crippen molar-refractivity contribution >= 4 is 5.91 Å². The van der Waals surface area contributed by atoms with Crippen LogP contribution in [-0.4, -0.2) is 51.3 Å². The van der Waals surface area contributed by atoms with E-state index in [0.717, 1.165) is 0 Å². The summed E-state index contributed by atoms with van der Waals surface area (Å²) >= 11 is 0. The molecule has 5 N–H and O–H groups in total. The molecule has 0 aliphatic heterocycles. The van der Waals surface area contributed by atoms with Crippen LogP contribution in [0.25, 0.3) is 0 Å². The molecule has 0 unspecified atom stereocenters. The van der Waals surface area contributed by atoms with Gasteiger partial charge in [0.15, 0.2) is 12.3 Å². The second-order valence-corrected chi connectivity index (χ2v) is 2.29. The standard InChI is InChI=1S/C6H10N2O5/c7-2-8-6(13)5(12)4(11)3(10)1-9/h3-5,9-12H,1H2,(H,8,13)/t3-,4+,5-/m1/s1. The summed E-state index contributed by atoms with van der Waals surface area (Å²) in [6, 6.07) is 0. The first-order valence-electron chi connectivity index (χ1n) is 3.38. The maximum atomic E-state index is 10.7. The van der Waals surface area contributed by atoms with E-state index in [1.54, 1.807) is 5.32 Å². The minimum atomic E-state index is -1.94. The monoisotopic (exact) mass is 190 g/mol. The van der Waals surface area contributed by atoms with Gasteiger partial charge in [0, 0.05) is 0 Å². The number of nitrogens with zero attached hydrogens (tertiary/aromatic N) is 1. The highest BCUT2D eigenvalue weighted by Crippen LogP contribution is 1.99. The number of rotatable bonds is 4. The van der Waals surface area contributed by atoms with Gasteiger partial charge in [-0.3, -0.25) is 10.1 Å². The van der Waals surface area contributed by atoms with Crippen LogP contribution >= 0.6 is 0 Å². The van der Waals surface area contributed by atoms with Crippen LogP contribution < -0.4 is 5.32 Å². The fourth-order valence-electron chi connectivity index (χ4n) is 0.603. The Morgan fingerprint density at radius 3 is 2.38 bits per heavy atom. The number of carbonyl (C=O) groups excluding carboxylic acids is 1. The second-order valence-electron chi connectivity index (χ2n) is 2.29. The molecule has 0 fully saturated rings. The largest absolute Gasteiger partial charge is 0.394 e. The Balaban J connectivity index is 4.17. The molecule has 0 rings (SSSR count). The molecule has 0 radical (unpaired) electrons. The van der Waals surface area contributed by atoms with Gasteiger partial charge in [0.25, 0.3) is 5.91 Å². The number of carbonyl (C=O) groups is 1. The molecule has 7 nitrogen and oxygen atoms in total. The van der Waals surface area contributed by atoms with Crippen molar-refractivity contribution in [2.45, 2.75) is 18.3 Å². The smallest absolute Gasteiger partial charge is 0.264 e. The van der Waals surface area contributed by atoms with E-state index < -0.39 is 30.8 Å². The van der Waals surface area contributed by atoms with Gasteiger partial charge in [-0.25, -0.2) is 0 Å². The van der Waals surface area contributed by atoms with Crippen molar-refractivity contribution in [2.24, 2.45) is 0 Å². The first kappa shape index (κ1) is 11.8. The third-order valence-electron chi connectivity index (χ3n) is 1.35. The number of aliphatic hydroxyl groups excluding tert-OH is 4. The predicted molar refractivity (Wildman–Crippen MR) is 38.9 cm³/mol. The Kier molecular flexibility index (Phi) is 4.94. The molecule has 0 spiro atoms. The van der Waals surface area contributed by atoms with Crippen molar-refractivity contribution < 1.29 is 25.2 Å². The van der Waals surface area contributed by atoms with Crippen LogP contribution in [0.2, 0.25) is 0 Å². The van der Waals surface area contributed by atoms with E-state index in [0.29, 0.717) is 0 Å². The van der Waals surface area contributed by atoms with E-state index in [-0.39, 0.29) is 0 Å². The van der Waals surface area contributed by atoms with Crippen molar-refractivity contribution in [3.63, 3.8) is 0 Å². The van der Waals surface area contributed by atoms with Gasteiger partial charge in [-0.2, -0.15) is 5.26 Å². The molecule has 0 aromatic carbocycles. The Morgan fingerprint density at radius 1 is 1.46 bits per heavy atom. The Hall–Kier alpha value is -1.20. The maximum absolute atomic E-state index is 10.7. The first-order valence-corrected chi connectivity index (χ1v) is 3.38. The Labute approximate surface area is 73.8 Å². The fourth-order valence-corrected chi connectivity index (χ4v) is 0.603. The third-order valence-corrected chi connectivity index (χ3v) is 1.35. The van der Waals surface area contributed by atoms with E-state index in [2.05, 4.69) is 0 Å². The van der Waals surface area contributed by atoms with Gasteiger partial charge in [-0.1, -0.05) is 0 Å². The molecule has 0 aromatic rings. The number of amides is 1. The molecule has 74 valence electrons. The predicted octanol–water partition coefficient (Wildman–Crippen LogP) is -3.34. The number of aliphatic hydroxyl groups is 4. The minimum Gasteiger partial charge on any atom is -0.394 e. The lowest BCUT2D eigenvalue weighted by Gasteiger charge is -2.19. The molecular weight excluding hydrogens is 180 g/mol. The van der Waals surface area contributed by atoms with Crippen molar-refractivity contribution in [3.8, 4) is 6.19 Å². The molecular formula is C6H10N2O5. The quantitative estimate of drug-likeness (QED) is 0.232. The molecule has 3 atom stereocenters. The summed E-state index contributed by atoms with van der Waals surface area (Å²) in [6.45, 7) is -0.794. The fraction of sp³-hybridized carbons (Fsp3) is 0.667. The van der Waals surface area contributed by atoms with Crippen molar-refractivity contribution in [1.82, 2.24) is 5.32 Å². The van der Waals surface area contributed by atoms with Gasteiger partial charge >= 0.3 is 0 Å². The molecule has 0 heterocycles. The van der Waals surface area contributed by atoms with E-state index in [1.807, 2.05) is 0 Å². The summed E-state index contributed by atoms with van der Waals surface area (Å²) in [6.07, 6.45) is -4.14. The maximum Gasteiger partial charge on any atom is 0.264 e. The number of nitrogens with one attached hydrogen (secondary N) is 1. The van der Waals surface area contributed by atoms with Crippen LogP contribution in [0, 0.1) is 11.5 Å². The highest BCUT2D eigenvalue weighted by molar-refractivity contribution is 5.82. The lowest BCUT2D eigenvalue weighted by atomic mass is 10.1. The van der Waals surface area contributed by atoms with Gasteiger partial charge < -0.3 is 20.4 Å². The molecule has 0 bridgehead atoms. The molecule has 0 aliphatic rings. The van der Waals surface area contributed by atoms with Gasteiger partial charge in [0.2, 0.25) is 0 Å². The average molecular weight is 190 g/mol. The molecule has 0 saturated carbocycles. The van der Waals surface area contributed by atoms with Crippen LogP contribution in [0.3, 0.4) is 0 Å². The average Bonchev–Trinajstić information content (AvgIpc) is 2.14. The number of nitriles is 1. The number of hydrogen-bond donors (Lipinski definition) is 5. The van der Waals surface area contributed by atoms with Gasteiger partial charge in [0.1, 0.15) is 12.2 Å². The van der Waals surface area contributed by atoms with Crippen LogP contribution in [-0.2, 0) is 4.79 Å². The van der Waals surface area contributed by atoms with Gasteiger partial charge in [0.05, 0.1) is 6.61 Å². The molecule has 1 amide bonds. The first-order chi connectivity index (χ1) is 6.04. The lowest BCUT2D eigenvalue weighted by Crippen LogP contribution is -2.47. The van der Waals surface area contributed by atoms with Gasteiger partial charge in [-0.15, -0.1) is 0 Å². The summed E-state index contributed by atoms with van der Waals surface area (Å²) in [5.74, 6) is -1.14. The van der Waals surface area contributed by atoms with Crippen molar-refractivity contribution in [1.29, 1.82) is 5.26 Å². The Morgan fingerprint density at radius 2 is 2.00 bits per heavy atom. The molecule has 0 aliphatic carbocycles. The third kappa shape index (κ3) is 3.35. The molecule has 7 heteroatoms. The summed E-state index contributed by atoms with van der Waals surface area (Å²) in [5.41, 5.74) is 0. The minimum absolute atomic E-state index is 0.794. The normalized spacial score (nSPS) is 16.8. The van der Waals surface area contributed by atoms with Crippen LogP contribution in [0.5, 0.6) is 0 Å². The van der Waals surface area contributed by atoms with E-state index in [9.17, 15) is 4.79 Å². The van der Waals surface area contributed by atoms with Crippen molar-refractivity contribution in [3.05, 3.63) is 0 Å². The topological polar surface area (TPSA) is 134 Å². The van der Waals surface area contributed by atoms with E-state index in [1.165, 1.54) is 6.19 Å². The zero-order chi connectivity index (χ0) is 10.4. The molecule has 0 aromatic heterocycles. The zero-order valence-corrected chi connectivity index (χ0v) is 6.58.